The summed E-state index contributed by atoms with van der Waals surface area (Å²) in [4.78, 5) is 16.3. The van der Waals surface area contributed by atoms with Gasteiger partial charge < -0.3 is 0 Å². The second-order valence-corrected chi connectivity index (χ2v) is 4.72. The summed E-state index contributed by atoms with van der Waals surface area (Å²) in [6, 6.07) is 1.78. The molecule has 0 fully saturated rings. The summed E-state index contributed by atoms with van der Waals surface area (Å²) < 4.78 is 0. The average molecular weight is 274 g/mol. The number of aromatic nitrogens is 1. The van der Waals surface area contributed by atoms with Gasteiger partial charge in [0, 0.05) is 5.92 Å². The van der Waals surface area contributed by atoms with Crippen LogP contribution in [0.15, 0.2) is 6.07 Å². The van der Waals surface area contributed by atoms with Crippen LogP contribution in [0.1, 0.15) is 49.5 Å². The monoisotopic (exact) mass is 273 g/mol. The molecule has 0 saturated heterocycles. The first-order valence-corrected chi connectivity index (χ1v) is 6.69. The topological polar surface area (TPSA) is 30.0 Å². The molecule has 1 aromatic rings. The van der Waals surface area contributed by atoms with Crippen LogP contribution in [0.5, 0.6) is 0 Å². The molecule has 94 valence electrons. The van der Waals surface area contributed by atoms with Crippen molar-refractivity contribution in [1.29, 1.82) is 0 Å². The fraction of sp³-hybridized carbons (Fsp3) is 0.538. The molecule has 0 atom stereocenters. The van der Waals surface area contributed by atoms with Crippen molar-refractivity contribution in [3.8, 4) is 0 Å². The predicted octanol–water partition coefficient (Wildman–Crippen LogP) is 4.57. The van der Waals surface area contributed by atoms with Crippen molar-refractivity contribution in [1.82, 2.24) is 4.98 Å². The lowest BCUT2D eigenvalue weighted by Crippen LogP contribution is -2.14. The maximum Gasteiger partial charge on any atom is 0.169 e. The van der Waals surface area contributed by atoms with Gasteiger partial charge in [0.25, 0.3) is 0 Å². The fourth-order valence-corrected chi connectivity index (χ4v) is 2.36. The lowest BCUT2D eigenvalue weighted by molar-refractivity contribution is 0.0913. The van der Waals surface area contributed by atoms with Gasteiger partial charge in [-0.2, -0.15) is 0 Å². The summed E-state index contributed by atoms with van der Waals surface area (Å²) in [5.74, 6) is 0.0825. The lowest BCUT2D eigenvalue weighted by atomic mass is 9.93. The highest BCUT2D eigenvalue weighted by atomic mass is 35.5. The Kier molecular flexibility index (Phi) is 5.41. The molecule has 2 nitrogen and oxygen atoms in total. The number of halogens is 2. The summed E-state index contributed by atoms with van der Waals surface area (Å²) in [5.41, 5.74) is 1.37. The maximum atomic E-state index is 12.2. The molecule has 0 spiro atoms. The summed E-state index contributed by atoms with van der Waals surface area (Å²) in [5, 5.41) is 0.600. The smallest absolute Gasteiger partial charge is 0.169 e. The van der Waals surface area contributed by atoms with Gasteiger partial charge in [-0.25, -0.2) is 4.98 Å². The molecular weight excluding hydrogens is 257 g/mol. The first-order valence-electron chi connectivity index (χ1n) is 5.94. The van der Waals surface area contributed by atoms with Crippen LogP contribution in [0.4, 0.5) is 0 Å². The molecule has 17 heavy (non-hydrogen) atoms. The Balaban J connectivity index is 3.17. The van der Waals surface area contributed by atoms with Crippen molar-refractivity contribution in [2.24, 2.45) is 5.92 Å². The molecular formula is C13H17Cl2NO. The number of nitrogens with zero attached hydrogens (tertiary/aromatic N) is 1. The molecule has 0 aromatic carbocycles. The van der Waals surface area contributed by atoms with Crippen LogP contribution < -0.4 is 0 Å². The number of rotatable bonds is 5. The van der Waals surface area contributed by atoms with E-state index in [9.17, 15) is 4.79 Å². The van der Waals surface area contributed by atoms with Gasteiger partial charge in [0.2, 0.25) is 0 Å². The minimum atomic E-state index is 0.0141. The highest BCUT2D eigenvalue weighted by Gasteiger charge is 2.21. The quantitative estimate of drug-likeness (QED) is 0.581. The van der Waals surface area contributed by atoms with Crippen molar-refractivity contribution >= 4 is 29.0 Å². The fourth-order valence-electron chi connectivity index (χ4n) is 1.81. The van der Waals surface area contributed by atoms with Crippen molar-refractivity contribution in [3.05, 3.63) is 27.5 Å². The van der Waals surface area contributed by atoms with Crippen LogP contribution in [-0.2, 0) is 6.42 Å². The van der Waals surface area contributed by atoms with E-state index in [4.69, 9.17) is 23.2 Å². The van der Waals surface area contributed by atoms with Crippen LogP contribution >= 0.6 is 23.2 Å². The number of carbonyl (C=O) groups is 1. The number of Topliss-reactive ketones (excluding diaryl/α,β-unsaturated/α-hetero) is 1. The lowest BCUT2D eigenvalue weighted by Gasteiger charge is -2.13. The Morgan fingerprint density at radius 1 is 1.24 bits per heavy atom. The molecule has 0 unspecified atom stereocenters. The van der Waals surface area contributed by atoms with E-state index in [0.717, 1.165) is 24.8 Å². The third-order valence-electron chi connectivity index (χ3n) is 3.00. The highest BCUT2D eigenvalue weighted by Crippen LogP contribution is 2.26. The zero-order valence-electron chi connectivity index (χ0n) is 10.4. The van der Waals surface area contributed by atoms with Gasteiger partial charge in [-0.05, 0) is 30.9 Å². The number of pyridine rings is 1. The van der Waals surface area contributed by atoms with E-state index < -0.39 is 0 Å². The van der Waals surface area contributed by atoms with Gasteiger partial charge >= 0.3 is 0 Å². The van der Waals surface area contributed by atoms with Crippen LogP contribution in [0.3, 0.4) is 0 Å². The Hall–Kier alpha value is -0.600. The molecule has 0 radical (unpaired) electrons. The molecule has 1 heterocycles. The zero-order chi connectivity index (χ0) is 13.0. The first-order chi connectivity index (χ1) is 8.04. The second-order valence-electron chi connectivity index (χ2n) is 4.01. The normalized spacial score (nSPS) is 10.9. The molecule has 0 N–H and O–H groups in total. The van der Waals surface area contributed by atoms with Crippen molar-refractivity contribution in [2.75, 3.05) is 0 Å². The Morgan fingerprint density at radius 3 is 2.29 bits per heavy atom. The first kappa shape index (κ1) is 14.5. The number of hydrogen-bond acceptors (Lipinski definition) is 2. The van der Waals surface area contributed by atoms with Gasteiger partial charge in [-0.1, -0.05) is 44.0 Å². The predicted molar refractivity (Wildman–Crippen MR) is 72.0 cm³/mol. The third kappa shape index (κ3) is 3.20. The minimum absolute atomic E-state index is 0.0141. The van der Waals surface area contributed by atoms with E-state index in [1.807, 2.05) is 20.8 Å². The minimum Gasteiger partial charge on any atom is -0.294 e. The summed E-state index contributed by atoms with van der Waals surface area (Å²) in [6.45, 7) is 5.98. The third-order valence-corrected chi connectivity index (χ3v) is 3.62. The van der Waals surface area contributed by atoms with Gasteiger partial charge in [0.1, 0.15) is 10.3 Å². The van der Waals surface area contributed by atoms with E-state index in [0.29, 0.717) is 10.7 Å². The molecule has 0 bridgehead atoms. The van der Waals surface area contributed by atoms with Gasteiger partial charge in [0.15, 0.2) is 5.78 Å². The molecule has 0 saturated carbocycles. The number of carbonyl (C=O) groups excluding carboxylic acids is 1. The number of ketones is 1. The van der Waals surface area contributed by atoms with E-state index in [-0.39, 0.29) is 16.9 Å². The number of hydrogen-bond donors (Lipinski definition) is 0. The molecule has 1 rings (SSSR count). The van der Waals surface area contributed by atoms with Crippen LogP contribution in [0.25, 0.3) is 0 Å². The van der Waals surface area contributed by atoms with Crippen molar-refractivity contribution < 1.29 is 4.79 Å². The van der Waals surface area contributed by atoms with Crippen LogP contribution in [0.2, 0.25) is 10.3 Å². The Morgan fingerprint density at radius 2 is 1.82 bits per heavy atom. The molecule has 4 heteroatoms. The Bertz CT molecular complexity index is 414. The maximum absolute atomic E-state index is 12.2. The Labute approximate surface area is 112 Å². The summed E-state index contributed by atoms with van der Waals surface area (Å²) >= 11 is 11.9. The molecule has 0 aliphatic carbocycles. The largest absolute Gasteiger partial charge is 0.294 e. The van der Waals surface area contributed by atoms with Crippen molar-refractivity contribution in [3.63, 3.8) is 0 Å². The van der Waals surface area contributed by atoms with Gasteiger partial charge in [0.05, 0.1) is 5.56 Å². The summed E-state index contributed by atoms with van der Waals surface area (Å²) in [6.07, 6.45) is 2.37. The second kappa shape index (κ2) is 6.36. The van der Waals surface area contributed by atoms with Gasteiger partial charge in [-0.3, -0.25) is 4.79 Å². The number of aryl methyl sites for hydroxylation is 1. The molecule has 0 aliphatic heterocycles. The van der Waals surface area contributed by atoms with Crippen molar-refractivity contribution in [2.45, 2.75) is 40.0 Å². The van der Waals surface area contributed by atoms with E-state index in [1.165, 1.54) is 0 Å². The SMILES string of the molecule is CCc1cc(C(=O)C(CC)CC)c(Cl)nc1Cl. The standard InChI is InChI=1S/C13H17Cl2NO/c1-4-8(5-2)11(17)10-7-9(6-3)12(14)16-13(10)15/h7-8H,4-6H2,1-3H3. The van der Waals surface area contributed by atoms with Gasteiger partial charge in [-0.15, -0.1) is 0 Å². The highest BCUT2D eigenvalue weighted by molar-refractivity contribution is 6.35. The van der Waals surface area contributed by atoms with Crippen LogP contribution in [-0.4, -0.2) is 10.8 Å². The molecule has 1 aromatic heterocycles. The average Bonchev–Trinajstić information content (AvgIpc) is 2.30. The van der Waals surface area contributed by atoms with E-state index in [1.54, 1.807) is 6.07 Å². The molecule has 0 aliphatic rings. The summed E-state index contributed by atoms with van der Waals surface area (Å²) in [7, 11) is 0. The molecule has 0 amide bonds. The van der Waals surface area contributed by atoms with Crippen LogP contribution in [0, 0.1) is 5.92 Å². The van der Waals surface area contributed by atoms with E-state index in [2.05, 4.69) is 4.98 Å². The van der Waals surface area contributed by atoms with E-state index >= 15 is 0 Å². The zero-order valence-corrected chi connectivity index (χ0v) is 11.9.